The molecule has 0 heterocycles. The van der Waals surface area contributed by atoms with Crippen LogP contribution in [0.4, 0.5) is 0 Å². The van der Waals surface area contributed by atoms with Gasteiger partial charge in [0.05, 0.1) is 5.02 Å². The number of hydrogen-bond donors (Lipinski definition) is 1. The molecular weight excluding hydrogens is 396 g/mol. The predicted octanol–water partition coefficient (Wildman–Crippen LogP) is 4.53. The molecule has 0 fully saturated rings. The number of benzene rings is 2. The van der Waals surface area contributed by atoms with Crippen LogP contribution in [-0.4, -0.2) is 5.91 Å². The molecule has 2 aromatic rings. The fourth-order valence-corrected chi connectivity index (χ4v) is 2.30. The zero-order chi connectivity index (χ0) is 13.8. The average molecular weight is 406 g/mol. The first-order valence-electron chi connectivity index (χ1n) is 5.54. The Morgan fingerprint density at radius 2 is 1.95 bits per heavy atom. The standard InChI is InChI=1S/C14H10Cl2INO/c15-11-3-1-2-9(6-11)8-18-14(19)10-4-5-13(17)12(16)7-10/h1-7H,8H2,(H,18,19). The maximum absolute atomic E-state index is 12.0. The summed E-state index contributed by atoms with van der Waals surface area (Å²) in [4.78, 5) is 12.0. The van der Waals surface area contributed by atoms with E-state index in [0.29, 0.717) is 22.2 Å². The van der Waals surface area contributed by atoms with Crippen molar-refractivity contribution in [3.05, 3.63) is 67.2 Å². The van der Waals surface area contributed by atoms with Gasteiger partial charge >= 0.3 is 0 Å². The third-order valence-corrected chi connectivity index (χ3v) is 4.33. The average Bonchev–Trinajstić information content (AvgIpc) is 2.39. The van der Waals surface area contributed by atoms with Crippen molar-refractivity contribution in [1.82, 2.24) is 5.32 Å². The van der Waals surface area contributed by atoms with Crippen LogP contribution in [0.3, 0.4) is 0 Å². The molecule has 0 radical (unpaired) electrons. The summed E-state index contributed by atoms with van der Waals surface area (Å²) in [6, 6.07) is 12.6. The summed E-state index contributed by atoms with van der Waals surface area (Å²) in [6.07, 6.45) is 0. The Bertz CT molecular complexity index is 616. The largest absolute Gasteiger partial charge is 0.348 e. The Kier molecular flexibility index (Phi) is 5.07. The molecule has 0 aromatic heterocycles. The van der Waals surface area contributed by atoms with Gasteiger partial charge in [-0.3, -0.25) is 4.79 Å². The van der Waals surface area contributed by atoms with Gasteiger partial charge in [-0.15, -0.1) is 0 Å². The summed E-state index contributed by atoms with van der Waals surface area (Å²) in [5.74, 6) is -0.154. The molecule has 0 aliphatic rings. The molecule has 0 atom stereocenters. The molecule has 5 heteroatoms. The number of nitrogens with one attached hydrogen (secondary N) is 1. The van der Waals surface area contributed by atoms with Gasteiger partial charge in [-0.05, 0) is 58.5 Å². The number of carbonyl (C=O) groups excluding carboxylic acids is 1. The van der Waals surface area contributed by atoms with E-state index in [1.54, 1.807) is 18.2 Å². The molecule has 0 aliphatic carbocycles. The van der Waals surface area contributed by atoms with E-state index in [0.717, 1.165) is 9.13 Å². The van der Waals surface area contributed by atoms with Crippen molar-refractivity contribution in [3.8, 4) is 0 Å². The highest BCUT2D eigenvalue weighted by Gasteiger charge is 2.07. The van der Waals surface area contributed by atoms with Crippen LogP contribution in [0.15, 0.2) is 42.5 Å². The second-order valence-electron chi connectivity index (χ2n) is 3.94. The zero-order valence-corrected chi connectivity index (χ0v) is 13.5. The Balaban J connectivity index is 2.03. The first-order valence-corrected chi connectivity index (χ1v) is 7.37. The van der Waals surface area contributed by atoms with Gasteiger partial charge in [-0.25, -0.2) is 0 Å². The minimum atomic E-state index is -0.154. The lowest BCUT2D eigenvalue weighted by Gasteiger charge is -2.06. The summed E-state index contributed by atoms with van der Waals surface area (Å²) in [6.45, 7) is 0.434. The third kappa shape index (κ3) is 4.09. The van der Waals surface area contributed by atoms with Gasteiger partial charge < -0.3 is 5.32 Å². The van der Waals surface area contributed by atoms with Gasteiger partial charge in [0.2, 0.25) is 0 Å². The maximum atomic E-state index is 12.0. The van der Waals surface area contributed by atoms with Crippen LogP contribution in [-0.2, 0) is 6.54 Å². The summed E-state index contributed by atoms with van der Waals surface area (Å²) in [5, 5.41) is 4.07. The van der Waals surface area contributed by atoms with E-state index in [4.69, 9.17) is 23.2 Å². The van der Waals surface area contributed by atoms with Gasteiger partial charge in [-0.1, -0.05) is 35.3 Å². The SMILES string of the molecule is O=C(NCc1cccc(Cl)c1)c1ccc(I)c(Cl)c1. The minimum Gasteiger partial charge on any atom is -0.348 e. The summed E-state index contributed by atoms with van der Waals surface area (Å²) in [7, 11) is 0. The van der Waals surface area contributed by atoms with E-state index in [9.17, 15) is 4.79 Å². The molecule has 2 nitrogen and oxygen atoms in total. The first-order chi connectivity index (χ1) is 9.06. The molecule has 1 N–H and O–H groups in total. The number of hydrogen-bond acceptors (Lipinski definition) is 1. The van der Waals surface area contributed by atoms with Crippen LogP contribution in [0.5, 0.6) is 0 Å². The molecule has 98 valence electrons. The first kappa shape index (κ1) is 14.6. The van der Waals surface area contributed by atoms with Crippen molar-refractivity contribution in [1.29, 1.82) is 0 Å². The molecular formula is C14H10Cl2INO. The van der Waals surface area contributed by atoms with Crippen LogP contribution in [0.25, 0.3) is 0 Å². The molecule has 0 saturated heterocycles. The summed E-state index contributed by atoms with van der Waals surface area (Å²) < 4.78 is 0.922. The van der Waals surface area contributed by atoms with Gasteiger partial charge in [0.25, 0.3) is 5.91 Å². The molecule has 0 aliphatic heterocycles. The molecule has 0 spiro atoms. The predicted molar refractivity (Wildman–Crippen MR) is 86.8 cm³/mol. The molecule has 0 unspecified atom stereocenters. The normalized spacial score (nSPS) is 10.3. The highest BCUT2D eigenvalue weighted by atomic mass is 127. The fourth-order valence-electron chi connectivity index (χ4n) is 1.57. The smallest absolute Gasteiger partial charge is 0.251 e. The van der Waals surface area contributed by atoms with Crippen LogP contribution in [0.1, 0.15) is 15.9 Å². The van der Waals surface area contributed by atoms with E-state index >= 15 is 0 Å². The van der Waals surface area contributed by atoms with Crippen LogP contribution >= 0.6 is 45.8 Å². The molecule has 2 rings (SSSR count). The highest BCUT2D eigenvalue weighted by Crippen LogP contribution is 2.19. The summed E-state index contributed by atoms with van der Waals surface area (Å²) >= 11 is 14.0. The lowest BCUT2D eigenvalue weighted by molar-refractivity contribution is 0.0951. The lowest BCUT2D eigenvalue weighted by atomic mass is 10.2. The number of rotatable bonds is 3. The van der Waals surface area contributed by atoms with Crippen molar-refractivity contribution in [2.75, 3.05) is 0 Å². The lowest BCUT2D eigenvalue weighted by Crippen LogP contribution is -2.22. The number of halogens is 3. The third-order valence-electron chi connectivity index (χ3n) is 2.52. The second kappa shape index (κ2) is 6.59. The topological polar surface area (TPSA) is 29.1 Å². The molecule has 2 aromatic carbocycles. The zero-order valence-electron chi connectivity index (χ0n) is 9.79. The quantitative estimate of drug-likeness (QED) is 0.747. The number of amides is 1. The van der Waals surface area contributed by atoms with Crippen molar-refractivity contribution in [2.45, 2.75) is 6.54 Å². The van der Waals surface area contributed by atoms with Crippen LogP contribution < -0.4 is 5.32 Å². The van der Waals surface area contributed by atoms with E-state index in [1.165, 1.54) is 0 Å². The Morgan fingerprint density at radius 3 is 2.63 bits per heavy atom. The van der Waals surface area contributed by atoms with Gasteiger partial charge in [-0.2, -0.15) is 0 Å². The van der Waals surface area contributed by atoms with Gasteiger partial charge in [0, 0.05) is 20.7 Å². The Morgan fingerprint density at radius 1 is 1.16 bits per heavy atom. The van der Waals surface area contributed by atoms with E-state index < -0.39 is 0 Å². The second-order valence-corrected chi connectivity index (χ2v) is 5.95. The Labute approximate surface area is 135 Å². The molecule has 0 bridgehead atoms. The van der Waals surface area contributed by atoms with E-state index in [-0.39, 0.29) is 5.91 Å². The minimum absolute atomic E-state index is 0.154. The highest BCUT2D eigenvalue weighted by molar-refractivity contribution is 14.1. The monoisotopic (exact) mass is 405 g/mol. The van der Waals surface area contributed by atoms with E-state index in [1.807, 2.05) is 24.3 Å². The maximum Gasteiger partial charge on any atom is 0.251 e. The fraction of sp³-hybridized carbons (Fsp3) is 0.0714. The summed E-state index contributed by atoms with van der Waals surface area (Å²) in [5.41, 5.74) is 1.50. The van der Waals surface area contributed by atoms with Gasteiger partial charge in [0.1, 0.15) is 0 Å². The van der Waals surface area contributed by atoms with E-state index in [2.05, 4.69) is 27.9 Å². The number of carbonyl (C=O) groups is 1. The van der Waals surface area contributed by atoms with Crippen molar-refractivity contribution in [2.24, 2.45) is 0 Å². The van der Waals surface area contributed by atoms with Crippen molar-refractivity contribution < 1.29 is 4.79 Å². The van der Waals surface area contributed by atoms with Gasteiger partial charge in [0.15, 0.2) is 0 Å². The van der Waals surface area contributed by atoms with Crippen LogP contribution in [0.2, 0.25) is 10.0 Å². The Hall–Kier alpha value is -0.780. The van der Waals surface area contributed by atoms with Crippen molar-refractivity contribution in [3.63, 3.8) is 0 Å². The van der Waals surface area contributed by atoms with Crippen molar-refractivity contribution >= 4 is 51.7 Å². The molecule has 0 saturated carbocycles. The van der Waals surface area contributed by atoms with Crippen LogP contribution in [0, 0.1) is 3.57 Å². The molecule has 19 heavy (non-hydrogen) atoms. The molecule has 1 amide bonds.